The smallest absolute Gasteiger partial charge is 0.133 e. The van der Waals surface area contributed by atoms with Crippen LogP contribution in [-0.2, 0) is 9.47 Å². The van der Waals surface area contributed by atoms with Crippen molar-refractivity contribution in [1.82, 2.24) is 9.97 Å². The SMILES string of the molecule is COC1CN(c2cc(Br)ncn2)CC1OC. The highest BCUT2D eigenvalue weighted by Gasteiger charge is 2.33. The van der Waals surface area contributed by atoms with E-state index in [0.717, 1.165) is 23.5 Å². The molecule has 0 saturated carbocycles. The summed E-state index contributed by atoms with van der Waals surface area (Å²) in [5.41, 5.74) is 0. The molecule has 0 aromatic carbocycles. The van der Waals surface area contributed by atoms with Gasteiger partial charge in [-0.2, -0.15) is 0 Å². The molecule has 2 heterocycles. The summed E-state index contributed by atoms with van der Waals surface area (Å²) in [6.45, 7) is 1.58. The lowest BCUT2D eigenvalue weighted by molar-refractivity contribution is -0.00461. The van der Waals surface area contributed by atoms with E-state index in [0.29, 0.717) is 0 Å². The molecule has 5 nitrogen and oxygen atoms in total. The van der Waals surface area contributed by atoms with Gasteiger partial charge in [0.05, 0.1) is 0 Å². The zero-order chi connectivity index (χ0) is 11.5. The normalized spacial score (nSPS) is 25.1. The second-order valence-electron chi connectivity index (χ2n) is 3.65. The number of ether oxygens (including phenoxy) is 2. The first-order chi connectivity index (χ1) is 7.74. The van der Waals surface area contributed by atoms with Crippen molar-refractivity contribution in [3.63, 3.8) is 0 Å². The van der Waals surface area contributed by atoms with Gasteiger partial charge < -0.3 is 14.4 Å². The second kappa shape index (κ2) is 5.07. The van der Waals surface area contributed by atoms with E-state index in [4.69, 9.17) is 9.47 Å². The van der Waals surface area contributed by atoms with Gasteiger partial charge in [-0.15, -0.1) is 0 Å². The van der Waals surface area contributed by atoms with Crippen LogP contribution in [0.2, 0.25) is 0 Å². The van der Waals surface area contributed by atoms with Crippen LogP contribution in [0.1, 0.15) is 0 Å². The molecule has 2 unspecified atom stereocenters. The molecule has 0 radical (unpaired) electrons. The molecule has 2 rings (SSSR count). The third-order valence-corrected chi connectivity index (χ3v) is 3.20. The monoisotopic (exact) mass is 287 g/mol. The molecule has 0 spiro atoms. The molecule has 6 heteroatoms. The van der Waals surface area contributed by atoms with E-state index >= 15 is 0 Å². The first kappa shape index (κ1) is 11.8. The molecule has 1 aliphatic rings. The zero-order valence-electron chi connectivity index (χ0n) is 9.26. The Morgan fingerprint density at radius 1 is 1.25 bits per heavy atom. The Labute approximate surface area is 103 Å². The number of hydrogen-bond donors (Lipinski definition) is 0. The minimum Gasteiger partial charge on any atom is -0.377 e. The van der Waals surface area contributed by atoms with Crippen molar-refractivity contribution in [2.75, 3.05) is 32.2 Å². The van der Waals surface area contributed by atoms with Crippen LogP contribution in [-0.4, -0.2) is 49.5 Å². The van der Waals surface area contributed by atoms with Gasteiger partial charge in [0.15, 0.2) is 0 Å². The van der Waals surface area contributed by atoms with E-state index in [1.54, 1.807) is 20.5 Å². The van der Waals surface area contributed by atoms with Crippen molar-refractivity contribution in [2.24, 2.45) is 0 Å². The number of methoxy groups -OCH3 is 2. The summed E-state index contributed by atoms with van der Waals surface area (Å²) in [5.74, 6) is 0.892. The number of halogens is 1. The maximum absolute atomic E-state index is 5.37. The van der Waals surface area contributed by atoms with Crippen molar-refractivity contribution in [2.45, 2.75) is 12.2 Å². The van der Waals surface area contributed by atoms with Crippen molar-refractivity contribution in [1.29, 1.82) is 0 Å². The van der Waals surface area contributed by atoms with Gasteiger partial charge in [0.2, 0.25) is 0 Å². The predicted octanol–water partition coefficient (Wildman–Crippen LogP) is 1.09. The van der Waals surface area contributed by atoms with Crippen LogP contribution in [0.3, 0.4) is 0 Å². The zero-order valence-corrected chi connectivity index (χ0v) is 10.8. The third-order valence-electron chi connectivity index (χ3n) is 2.76. The summed E-state index contributed by atoms with van der Waals surface area (Å²) in [5, 5.41) is 0. The molecule has 1 aliphatic heterocycles. The standard InChI is InChI=1S/C10H14BrN3O2/c1-15-7-4-14(5-8(7)16-2)10-3-9(11)12-6-13-10/h3,6-8H,4-5H2,1-2H3. The Balaban J connectivity index is 2.12. The van der Waals surface area contributed by atoms with Gasteiger partial charge >= 0.3 is 0 Å². The molecule has 0 N–H and O–H groups in total. The maximum atomic E-state index is 5.37. The lowest BCUT2D eigenvalue weighted by Gasteiger charge is -2.16. The fourth-order valence-corrected chi connectivity index (χ4v) is 2.18. The highest BCUT2D eigenvalue weighted by Crippen LogP contribution is 2.22. The molecule has 88 valence electrons. The largest absolute Gasteiger partial charge is 0.377 e. The van der Waals surface area contributed by atoms with E-state index in [1.165, 1.54) is 0 Å². The minimum absolute atomic E-state index is 0.0961. The van der Waals surface area contributed by atoms with Crippen LogP contribution in [0.25, 0.3) is 0 Å². The number of hydrogen-bond acceptors (Lipinski definition) is 5. The number of anilines is 1. The average Bonchev–Trinajstić information content (AvgIpc) is 2.72. The summed E-state index contributed by atoms with van der Waals surface area (Å²) in [4.78, 5) is 10.4. The van der Waals surface area contributed by atoms with Crippen LogP contribution in [0.5, 0.6) is 0 Å². The molecule has 1 aromatic heterocycles. The highest BCUT2D eigenvalue weighted by molar-refractivity contribution is 9.10. The van der Waals surface area contributed by atoms with Crippen molar-refractivity contribution < 1.29 is 9.47 Å². The Morgan fingerprint density at radius 2 is 1.88 bits per heavy atom. The second-order valence-corrected chi connectivity index (χ2v) is 4.46. The fourth-order valence-electron chi connectivity index (χ4n) is 1.88. The van der Waals surface area contributed by atoms with E-state index in [9.17, 15) is 0 Å². The van der Waals surface area contributed by atoms with E-state index in [2.05, 4.69) is 30.8 Å². The molecular formula is C10H14BrN3O2. The molecule has 16 heavy (non-hydrogen) atoms. The number of nitrogens with zero attached hydrogens (tertiary/aromatic N) is 3. The molecule has 0 aliphatic carbocycles. The molecule has 0 bridgehead atoms. The predicted molar refractivity (Wildman–Crippen MR) is 63.5 cm³/mol. The van der Waals surface area contributed by atoms with Gasteiger partial charge in [0, 0.05) is 33.4 Å². The summed E-state index contributed by atoms with van der Waals surface area (Å²) < 4.78 is 11.5. The van der Waals surface area contributed by atoms with Crippen LogP contribution in [0, 0.1) is 0 Å². The molecule has 1 fully saturated rings. The van der Waals surface area contributed by atoms with Crippen LogP contribution < -0.4 is 4.90 Å². The highest BCUT2D eigenvalue weighted by atomic mass is 79.9. The Morgan fingerprint density at radius 3 is 2.38 bits per heavy atom. The van der Waals surface area contributed by atoms with E-state index in [1.807, 2.05) is 6.07 Å². The topological polar surface area (TPSA) is 47.5 Å². The van der Waals surface area contributed by atoms with Gasteiger partial charge in [0.1, 0.15) is 29.0 Å². The van der Waals surface area contributed by atoms with Gasteiger partial charge in [-0.3, -0.25) is 0 Å². The van der Waals surface area contributed by atoms with E-state index < -0.39 is 0 Å². The lowest BCUT2D eigenvalue weighted by Crippen LogP contribution is -2.27. The maximum Gasteiger partial charge on any atom is 0.133 e. The van der Waals surface area contributed by atoms with Crippen LogP contribution in [0.4, 0.5) is 5.82 Å². The van der Waals surface area contributed by atoms with Gasteiger partial charge in [-0.1, -0.05) is 0 Å². The Kier molecular flexibility index (Phi) is 3.73. The Hall–Kier alpha value is -0.720. The third kappa shape index (κ3) is 2.34. The molecule has 0 amide bonds. The molecule has 1 aromatic rings. The van der Waals surface area contributed by atoms with Gasteiger partial charge in [-0.05, 0) is 15.9 Å². The summed E-state index contributed by atoms with van der Waals surface area (Å²) in [6, 6.07) is 1.89. The molecule has 2 atom stereocenters. The first-order valence-electron chi connectivity index (χ1n) is 5.02. The van der Waals surface area contributed by atoms with Gasteiger partial charge in [0.25, 0.3) is 0 Å². The number of aromatic nitrogens is 2. The number of rotatable bonds is 3. The van der Waals surface area contributed by atoms with Crippen LogP contribution >= 0.6 is 15.9 Å². The first-order valence-corrected chi connectivity index (χ1v) is 5.82. The van der Waals surface area contributed by atoms with Gasteiger partial charge in [-0.25, -0.2) is 9.97 Å². The molecule has 1 saturated heterocycles. The van der Waals surface area contributed by atoms with Crippen molar-refractivity contribution in [3.05, 3.63) is 17.0 Å². The Bertz CT molecular complexity index is 352. The minimum atomic E-state index is 0.0961. The summed E-state index contributed by atoms with van der Waals surface area (Å²) in [7, 11) is 3.41. The van der Waals surface area contributed by atoms with Crippen molar-refractivity contribution in [3.8, 4) is 0 Å². The average molecular weight is 288 g/mol. The van der Waals surface area contributed by atoms with Crippen LogP contribution in [0.15, 0.2) is 17.0 Å². The lowest BCUT2D eigenvalue weighted by atomic mass is 10.3. The fraction of sp³-hybridized carbons (Fsp3) is 0.600. The quantitative estimate of drug-likeness (QED) is 0.779. The molecular weight excluding hydrogens is 274 g/mol. The summed E-state index contributed by atoms with van der Waals surface area (Å²) >= 11 is 3.33. The van der Waals surface area contributed by atoms with E-state index in [-0.39, 0.29) is 12.2 Å². The summed E-state index contributed by atoms with van der Waals surface area (Å²) in [6.07, 6.45) is 1.74. The van der Waals surface area contributed by atoms with Crippen molar-refractivity contribution >= 4 is 21.7 Å².